The number of rotatable bonds is 8. The van der Waals surface area contributed by atoms with Gasteiger partial charge in [-0.3, -0.25) is 9.79 Å². The monoisotopic (exact) mass is 426 g/mol. The Morgan fingerprint density at radius 3 is 2.23 bits per heavy atom. The van der Waals surface area contributed by atoms with Crippen LogP contribution < -0.4 is 16.0 Å². The summed E-state index contributed by atoms with van der Waals surface area (Å²) in [7, 11) is 3.41. The van der Waals surface area contributed by atoms with Gasteiger partial charge in [0.2, 0.25) is 5.91 Å². The van der Waals surface area contributed by atoms with Crippen molar-refractivity contribution in [2.24, 2.45) is 16.3 Å². The van der Waals surface area contributed by atoms with Gasteiger partial charge in [0.15, 0.2) is 5.96 Å². The molecule has 1 unspecified atom stereocenters. The quantitative estimate of drug-likeness (QED) is 0.318. The van der Waals surface area contributed by atoms with Crippen molar-refractivity contribution in [3.05, 3.63) is 0 Å². The van der Waals surface area contributed by atoms with Crippen molar-refractivity contribution in [1.29, 1.82) is 0 Å². The second kappa shape index (κ2) is 12.0. The lowest BCUT2D eigenvalue weighted by Gasteiger charge is -2.25. The van der Waals surface area contributed by atoms with Crippen LogP contribution in [0.3, 0.4) is 0 Å². The minimum atomic E-state index is -0.465. The Kier molecular flexibility index (Phi) is 12.9. The Balaban J connectivity index is 0. The Morgan fingerprint density at radius 2 is 1.77 bits per heavy atom. The van der Waals surface area contributed by atoms with Gasteiger partial charge in [-0.1, -0.05) is 26.7 Å². The van der Waals surface area contributed by atoms with Gasteiger partial charge in [0, 0.05) is 26.7 Å². The molecule has 6 heteroatoms. The smallest absolute Gasteiger partial charge is 0.227 e. The predicted molar refractivity (Wildman–Crippen MR) is 106 cm³/mol. The maximum Gasteiger partial charge on any atom is 0.227 e. The fourth-order valence-corrected chi connectivity index (χ4v) is 2.06. The fourth-order valence-electron chi connectivity index (χ4n) is 2.06. The van der Waals surface area contributed by atoms with E-state index in [0.29, 0.717) is 12.6 Å². The van der Waals surface area contributed by atoms with Crippen molar-refractivity contribution in [2.75, 3.05) is 20.6 Å². The van der Waals surface area contributed by atoms with E-state index in [0.717, 1.165) is 18.3 Å². The minimum Gasteiger partial charge on any atom is -0.359 e. The predicted octanol–water partition coefficient (Wildman–Crippen LogP) is 2.76. The number of carbonyl (C=O) groups is 1. The highest BCUT2D eigenvalue weighted by Gasteiger charge is 2.26. The number of hydrogen-bond donors (Lipinski definition) is 3. The standard InChI is InChI=1S/C16H34N4O.HI/c1-12(2)9-8-10-13(3)20-15(18-7)19-11-16(4,5)14(21)17-6;/h12-13H,8-11H2,1-7H3,(H,17,21)(H2,18,19,20);1H. The van der Waals surface area contributed by atoms with Crippen molar-refractivity contribution >= 4 is 35.8 Å². The molecule has 0 aromatic carbocycles. The van der Waals surface area contributed by atoms with E-state index in [-0.39, 0.29) is 29.9 Å². The molecule has 0 fully saturated rings. The molecule has 0 rings (SSSR count). The third kappa shape index (κ3) is 10.2. The van der Waals surface area contributed by atoms with Gasteiger partial charge in [-0.25, -0.2) is 0 Å². The zero-order valence-electron chi connectivity index (χ0n) is 15.2. The van der Waals surface area contributed by atoms with Crippen LogP contribution in [0.15, 0.2) is 4.99 Å². The molecule has 0 spiro atoms. The Bertz CT molecular complexity index is 343. The van der Waals surface area contributed by atoms with Gasteiger partial charge < -0.3 is 16.0 Å². The summed E-state index contributed by atoms with van der Waals surface area (Å²) in [4.78, 5) is 16.0. The molecular formula is C16H35IN4O. The first kappa shape index (κ1) is 23.7. The van der Waals surface area contributed by atoms with Crippen molar-refractivity contribution in [2.45, 2.75) is 59.9 Å². The molecular weight excluding hydrogens is 391 g/mol. The Hall–Kier alpha value is -0.530. The highest BCUT2D eigenvalue weighted by atomic mass is 127. The maximum atomic E-state index is 11.8. The second-order valence-corrected chi connectivity index (χ2v) is 6.76. The number of amides is 1. The summed E-state index contributed by atoms with van der Waals surface area (Å²) in [6.07, 6.45) is 3.59. The number of aliphatic imine (C=N–C) groups is 1. The largest absolute Gasteiger partial charge is 0.359 e. The molecule has 0 bridgehead atoms. The molecule has 0 aliphatic heterocycles. The zero-order valence-corrected chi connectivity index (χ0v) is 17.6. The molecule has 132 valence electrons. The summed E-state index contributed by atoms with van der Waals surface area (Å²) in [5.74, 6) is 1.53. The lowest BCUT2D eigenvalue weighted by Crippen LogP contribution is -2.49. The van der Waals surface area contributed by atoms with E-state index in [1.165, 1.54) is 12.8 Å². The molecule has 1 amide bonds. The van der Waals surface area contributed by atoms with Crippen LogP contribution in [0, 0.1) is 11.3 Å². The zero-order chi connectivity index (χ0) is 16.5. The topological polar surface area (TPSA) is 65.5 Å². The van der Waals surface area contributed by atoms with Crippen LogP contribution >= 0.6 is 24.0 Å². The van der Waals surface area contributed by atoms with E-state index in [9.17, 15) is 4.79 Å². The first-order valence-electron chi connectivity index (χ1n) is 7.92. The van der Waals surface area contributed by atoms with E-state index in [2.05, 4.69) is 41.7 Å². The van der Waals surface area contributed by atoms with Crippen LogP contribution in [0.1, 0.15) is 53.9 Å². The number of nitrogens with one attached hydrogen (secondary N) is 3. The van der Waals surface area contributed by atoms with Crippen LogP contribution in [0.2, 0.25) is 0 Å². The normalized spacial score (nSPS) is 13.4. The Labute approximate surface area is 153 Å². The molecule has 22 heavy (non-hydrogen) atoms. The average molecular weight is 426 g/mol. The number of hydrogen-bond acceptors (Lipinski definition) is 2. The van der Waals surface area contributed by atoms with Crippen molar-refractivity contribution in [3.63, 3.8) is 0 Å². The molecule has 0 radical (unpaired) electrons. The number of halogens is 1. The molecule has 0 saturated heterocycles. The molecule has 0 aromatic heterocycles. The molecule has 0 heterocycles. The van der Waals surface area contributed by atoms with Crippen molar-refractivity contribution in [3.8, 4) is 0 Å². The lowest BCUT2D eigenvalue weighted by molar-refractivity contribution is -0.128. The average Bonchev–Trinajstić information content (AvgIpc) is 2.41. The molecule has 0 aliphatic rings. The fraction of sp³-hybridized carbons (Fsp3) is 0.875. The van der Waals surface area contributed by atoms with E-state index in [4.69, 9.17) is 0 Å². The molecule has 0 aromatic rings. The van der Waals surface area contributed by atoms with E-state index >= 15 is 0 Å². The maximum absolute atomic E-state index is 11.8. The van der Waals surface area contributed by atoms with Crippen LogP contribution in [0.5, 0.6) is 0 Å². The van der Waals surface area contributed by atoms with Crippen LogP contribution in [0.4, 0.5) is 0 Å². The number of nitrogens with zero attached hydrogens (tertiary/aromatic N) is 1. The first-order chi connectivity index (χ1) is 9.72. The summed E-state index contributed by atoms with van der Waals surface area (Å²) in [6, 6.07) is 0.373. The van der Waals surface area contributed by atoms with Crippen LogP contribution in [-0.4, -0.2) is 38.5 Å². The van der Waals surface area contributed by atoms with Crippen LogP contribution in [-0.2, 0) is 4.79 Å². The molecule has 0 aliphatic carbocycles. The van der Waals surface area contributed by atoms with Gasteiger partial charge in [-0.15, -0.1) is 24.0 Å². The molecule has 0 saturated carbocycles. The van der Waals surface area contributed by atoms with Gasteiger partial charge in [-0.05, 0) is 33.1 Å². The highest BCUT2D eigenvalue weighted by molar-refractivity contribution is 14.0. The first-order valence-corrected chi connectivity index (χ1v) is 7.92. The van der Waals surface area contributed by atoms with E-state index in [1.807, 2.05) is 13.8 Å². The summed E-state index contributed by atoms with van der Waals surface area (Å²) >= 11 is 0. The van der Waals surface area contributed by atoms with Gasteiger partial charge >= 0.3 is 0 Å². The number of carbonyl (C=O) groups excluding carboxylic acids is 1. The Morgan fingerprint density at radius 1 is 1.18 bits per heavy atom. The van der Waals surface area contributed by atoms with Crippen molar-refractivity contribution < 1.29 is 4.79 Å². The number of guanidine groups is 1. The molecule has 1 atom stereocenters. The molecule has 3 N–H and O–H groups in total. The molecule has 5 nitrogen and oxygen atoms in total. The summed E-state index contributed by atoms with van der Waals surface area (Å²) < 4.78 is 0. The van der Waals surface area contributed by atoms with Gasteiger partial charge in [0.25, 0.3) is 0 Å². The summed E-state index contributed by atoms with van der Waals surface area (Å²) in [5, 5.41) is 9.30. The third-order valence-corrected chi connectivity index (χ3v) is 3.56. The minimum absolute atomic E-state index is 0. The van der Waals surface area contributed by atoms with Gasteiger partial charge in [0.1, 0.15) is 0 Å². The second-order valence-electron chi connectivity index (χ2n) is 6.76. The van der Waals surface area contributed by atoms with E-state index in [1.54, 1.807) is 14.1 Å². The summed E-state index contributed by atoms with van der Waals surface area (Å²) in [6.45, 7) is 11.0. The van der Waals surface area contributed by atoms with Gasteiger partial charge in [0.05, 0.1) is 5.41 Å². The van der Waals surface area contributed by atoms with Crippen molar-refractivity contribution in [1.82, 2.24) is 16.0 Å². The summed E-state index contributed by atoms with van der Waals surface area (Å²) in [5.41, 5.74) is -0.465. The highest BCUT2D eigenvalue weighted by Crippen LogP contribution is 2.13. The van der Waals surface area contributed by atoms with E-state index < -0.39 is 5.41 Å². The third-order valence-electron chi connectivity index (χ3n) is 3.56. The lowest BCUT2D eigenvalue weighted by atomic mass is 9.92. The van der Waals surface area contributed by atoms with Gasteiger partial charge in [-0.2, -0.15) is 0 Å². The SMILES string of the molecule is CN=C(NCC(C)(C)C(=O)NC)NC(C)CCCC(C)C.I. The van der Waals surface area contributed by atoms with Crippen LogP contribution in [0.25, 0.3) is 0 Å².